The molecule has 0 atom stereocenters. The molecular weight excluding hydrogens is 364 g/mol. The summed E-state index contributed by atoms with van der Waals surface area (Å²) in [6.45, 7) is -0.439. The first-order valence-electron chi connectivity index (χ1n) is 8.07. The molecule has 0 amide bonds. The van der Waals surface area contributed by atoms with Crippen LogP contribution in [0.3, 0.4) is 0 Å². The number of carbonyl (C=O) groups is 1. The van der Waals surface area contributed by atoms with E-state index in [1.165, 1.54) is 31.3 Å². The van der Waals surface area contributed by atoms with Gasteiger partial charge < -0.3 is 4.74 Å². The van der Waals surface area contributed by atoms with Crippen LogP contribution in [0.15, 0.2) is 71.6 Å². The van der Waals surface area contributed by atoms with Crippen LogP contribution in [0.4, 0.5) is 0 Å². The number of sulfonamides is 1. The van der Waals surface area contributed by atoms with E-state index in [-0.39, 0.29) is 4.90 Å². The molecular formula is C20H16N2O4S. The second-order valence-electron chi connectivity index (χ2n) is 5.85. The van der Waals surface area contributed by atoms with Crippen LogP contribution >= 0.6 is 0 Å². The molecule has 136 valence electrons. The van der Waals surface area contributed by atoms with Crippen molar-refractivity contribution in [1.82, 2.24) is 4.31 Å². The Morgan fingerprint density at radius 2 is 1.70 bits per heavy atom. The molecule has 3 aromatic carbocycles. The molecule has 3 rings (SSSR count). The number of nitriles is 1. The lowest BCUT2D eigenvalue weighted by Crippen LogP contribution is -2.34. The third kappa shape index (κ3) is 3.97. The fourth-order valence-electron chi connectivity index (χ4n) is 2.59. The Balaban J connectivity index is 1.75. The Morgan fingerprint density at radius 3 is 2.41 bits per heavy atom. The number of hydrogen-bond donors (Lipinski definition) is 0. The average molecular weight is 380 g/mol. The summed E-state index contributed by atoms with van der Waals surface area (Å²) in [6.07, 6.45) is 0. The third-order valence-electron chi connectivity index (χ3n) is 4.02. The van der Waals surface area contributed by atoms with Crippen molar-refractivity contribution < 1.29 is 17.9 Å². The molecule has 3 aromatic rings. The summed E-state index contributed by atoms with van der Waals surface area (Å²) in [7, 11) is -2.57. The van der Waals surface area contributed by atoms with Crippen molar-refractivity contribution in [2.24, 2.45) is 0 Å². The summed E-state index contributed by atoms with van der Waals surface area (Å²) in [4.78, 5) is 12.3. The molecule has 0 heterocycles. The Bertz CT molecular complexity index is 1130. The van der Waals surface area contributed by atoms with Gasteiger partial charge in [-0.2, -0.15) is 9.57 Å². The van der Waals surface area contributed by atoms with Crippen LogP contribution in [0.1, 0.15) is 5.56 Å². The molecule has 0 aliphatic heterocycles. The van der Waals surface area contributed by atoms with Crippen molar-refractivity contribution in [2.45, 2.75) is 4.90 Å². The van der Waals surface area contributed by atoms with Gasteiger partial charge >= 0.3 is 5.97 Å². The Morgan fingerprint density at radius 1 is 1.04 bits per heavy atom. The van der Waals surface area contributed by atoms with E-state index in [0.717, 1.165) is 15.1 Å². The number of fused-ring (bicyclic) bond motifs is 1. The molecule has 0 saturated carbocycles. The number of benzene rings is 3. The minimum atomic E-state index is -3.87. The zero-order chi connectivity index (χ0) is 19.4. The van der Waals surface area contributed by atoms with Gasteiger partial charge in [0.05, 0.1) is 16.5 Å². The molecule has 0 unspecified atom stereocenters. The third-order valence-corrected chi connectivity index (χ3v) is 5.83. The molecule has 0 fully saturated rings. The number of rotatable bonds is 5. The minimum Gasteiger partial charge on any atom is -0.425 e. The topological polar surface area (TPSA) is 87.5 Å². The Kier molecular flexibility index (Phi) is 5.21. The van der Waals surface area contributed by atoms with Crippen LogP contribution in [0, 0.1) is 11.3 Å². The number of ether oxygens (including phenoxy) is 1. The number of esters is 1. The van der Waals surface area contributed by atoms with Crippen LogP contribution < -0.4 is 4.74 Å². The lowest BCUT2D eigenvalue weighted by atomic mass is 10.1. The molecule has 0 radical (unpaired) electrons. The van der Waals surface area contributed by atoms with E-state index < -0.39 is 22.5 Å². The van der Waals surface area contributed by atoms with E-state index in [4.69, 9.17) is 10.00 Å². The standard InChI is InChI=1S/C20H16N2O4S/c1-22(27(24,25)17-11-9-15(13-21)10-12-17)14-20(23)26-19-8-4-6-16-5-2-3-7-18(16)19/h2-12H,14H2,1H3. The number of carbonyl (C=O) groups excluding carboxylic acids is 1. The number of likely N-dealkylation sites (N-methyl/N-ethyl adjacent to an activating group) is 1. The molecule has 0 saturated heterocycles. The van der Waals surface area contributed by atoms with Gasteiger partial charge in [-0.25, -0.2) is 8.42 Å². The van der Waals surface area contributed by atoms with E-state index in [1.54, 1.807) is 12.1 Å². The summed E-state index contributed by atoms with van der Waals surface area (Å²) in [6, 6.07) is 20.2. The summed E-state index contributed by atoms with van der Waals surface area (Å²) < 4.78 is 31.4. The molecule has 27 heavy (non-hydrogen) atoms. The molecule has 7 heteroatoms. The number of hydrogen-bond acceptors (Lipinski definition) is 5. The predicted octanol–water partition coefficient (Wildman–Crippen LogP) is 2.94. The van der Waals surface area contributed by atoms with Crippen molar-refractivity contribution in [3.05, 3.63) is 72.3 Å². The first kappa shape index (κ1) is 18.6. The van der Waals surface area contributed by atoms with Gasteiger partial charge in [-0.1, -0.05) is 36.4 Å². The van der Waals surface area contributed by atoms with Crippen molar-refractivity contribution in [3.8, 4) is 11.8 Å². The summed E-state index contributed by atoms with van der Waals surface area (Å²) >= 11 is 0. The van der Waals surface area contributed by atoms with E-state index in [1.807, 2.05) is 36.4 Å². The normalized spacial score (nSPS) is 11.3. The van der Waals surface area contributed by atoms with Crippen LogP contribution in [0.2, 0.25) is 0 Å². The first-order chi connectivity index (χ1) is 12.9. The van der Waals surface area contributed by atoms with Crippen molar-refractivity contribution in [3.63, 3.8) is 0 Å². The van der Waals surface area contributed by atoms with Crippen molar-refractivity contribution in [2.75, 3.05) is 13.6 Å². The SMILES string of the molecule is CN(CC(=O)Oc1cccc2ccccc12)S(=O)(=O)c1ccc(C#N)cc1. The van der Waals surface area contributed by atoms with Gasteiger partial charge in [0.15, 0.2) is 0 Å². The lowest BCUT2D eigenvalue weighted by Gasteiger charge is -2.16. The van der Waals surface area contributed by atoms with E-state index >= 15 is 0 Å². The van der Waals surface area contributed by atoms with Gasteiger partial charge in [-0.15, -0.1) is 0 Å². The summed E-state index contributed by atoms with van der Waals surface area (Å²) in [5.41, 5.74) is 0.354. The van der Waals surface area contributed by atoms with Gasteiger partial charge in [0.2, 0.25) is 10.0 Å². The fraction of sp³-hybridized carbons (Fsp3) is 0.100. The summed E-state index contributed by atoms with van der Waals surface area (Å²) in [5.74, 6) is -0.312. The summed E-state index contributed by atoms with van der Waals surface area (Å²) in [5, 5.41) is 10.5. The Hall–Kier alpha value is -3.21. The highest BCUT2D eigenvalue weighted by Crippen LogP contribution is 2.25. The van der Waals surface area contributed by atoms with Crippen LogP contribution in [-0.4, -0.2) is 32.3 Å². The van der Waals surface area contributed by atoms with Gasteiger partial charge in [0, 0.05) is 12.4 Å². The van der Waals surface area contributed by atoms with E-state index in [9.17, 15) is 13.2 Å². The van der Waals surface area contributed by atoms with E-state index in [2.05, 4.69) is 0 Å². The maximum Gasteiger partial charge on any atom is 0.326 e. The monoisotopic (exact) mass is 380 g/mol. The second kappa shape index (κ2) is 7.58. The van der Waals surface area contributed by atoms with Gasteiger partial charge in [-0.3, -0.25) is 4.79 Å². The molecule has 0 aromatic heterocycles. The smallest absolute Gasteiger partial charge is 0.326 e. The predicted molar refractivity (Wildman–Crippen MR) is 101 cm³/mol. The highest BCUT2D eigenvalue weighted by atomic mass is 32.2. The first-order valence-corrected chi connectivity index (χ1v) is 9.51. The lowest BCUT2D eigenvalue weighted by molar-refractivity contribution is -0.134. The fourth-order valence-corrected chi connectivity index (χ4v) is 3.70. The zero-order valence-electron chi connectivity index (χ0n) is 14.5. The second-order valence-corrected chi connectivity index (χ2v) is 7.89. The highest BCUT2D eigenvalue weighted by Gasteiger charge is 2.24. The van der Waals surface area contributed by atoms with Gasteiger partial charge in [0.1, 0.15) is 12.3 Å². The van der Waals surface area contributed by atoms with Gasteiger partial charge in [0.25, 0.3) is 0 Å². The van der Waals surface area contributed by atoms with Crippen LogP contribution in [0.25, 0.3) is 10.8 Å². The molecule has 0 aliphatic rings. The highest BCUT2D eigenvalue weighted by molar-refractivity contribution is 7.89. The maximum absolute atomic E-state index is 12.6. The molecule has 0 bridgehead atoms. The quantitative estimate of drug-likeness (QED) is 0.502. The number of nitrogens with zero attached hydrogens (tertiary/aromatic N) is 2. The molecule has 0 aliphatic carbocycles. The largest absolute Gasteiger partial charge is 0.425 e. The van der Waals surface area contributed by atoms with E-state index in [0.29, 0.717) is 11.3 Å². The van der Waals surface area contributed by atoms with Crippen LogP contribution in [-0.2, 0) is 14.8 Å². The Labute approximate surface area is 157 Å². The molecule has 0 spiro atoms. The minimum absolute atomic E-state index is 0.00182. The average Bonchev–Trinajstić information content (AvgIpc) is 2.68. The van der Waals surface area contributed by atoms with Crippen molar-refractivity contribution >= 4 is 26.8 Å². The zero-order valence-corrected chi connectivity index (χ0v) is 15.3. The molecule has 6 nitrogen and oxygen atoms in total. The van der Waals surface area contributed by atoms with Gasteiger partial charge in [-0.05, 0) is 35.7 Å². The van der Waals surface area contributed by atoms with Crippen molar-refractivity contribution in [1.29, 1.82) is 5.26 Å². The maximum atomic E-state index is 12.6. The van der Waals surface area contributed by atoms with Crippen LogP contribution in [0.5, 0.6) is 5.75 Å². The molecule has 0 N–H and O–H groups in total.